The number of rotatable bonds is 5. The fourth-order valence-electron chi connectivity index (χ4n) is 3.27. The standard InChI is InChI=1S/C20H27N3O2S/c1-4-22-11-13-23(14-12-22)19-9-7-18(8-10-19)21-26(24,25)20-15-16(2)5-6-17(20)3/h5-10,15,21H,4,11-14H2,1-3H3. The second kappa shape index (κ2) is 7.68. The summed E-state index contributed by atoms with van der Waals surface area (Å²) >= 11 is 0. The van der Waals surface area contributed by atoms with Crippen LogP contribution in [-0.4, -0.2) is 46.0 Å². The van der Waals surface area contributed by atoms with Crippen molar-refractivity contribution >= 4 is 21.4 Å². The lowest BCUT2D eigenvalue weighted by atomic mass is 10.2. The molecule has 3 rings (SSSR count). The lowest BCUT2D eigenvalue weighted by Gasteiger charge is -2.35. The molecule has 1 N–H and O–H groups in total. The van der Waals surface area contributed by atoms with Crippen molar-refractivity contribution in [3.63, 3.8) is 0 Å². The smallest absolute Gasteiger partial charge is 0.262 e. The molecular formula is C20H27N3O2S. The second-order valence-electron chi connectivity index (χ2n) is 6.84. The predicted octanol–water partition coefficient (Wildman–Crippen LogP) is 3.25. The van der Waals surface area contributed by atoms with Gasteiger partial charge in [-0.3, -0.25) is 4.72 Å². The first-order valence-corrected chi connectivity index (χ1v) is 10.5. The highest BCUT2D eigenvalue weighted by atomic mass is 32.2. The minimum atomic E-state index is -3.59. The van der Waals surface area contributed by atoms with Gasteiger partial charge >= 0.3 is 0 Å². The molecule has 0 spiro atoms. The van der Waals surface area contributed by atoms with Gasteiger partial charge in [0.05, 0.1) is 4.90 Å². The Morgan fingerprint density at radius 2 is 1.62 bits per heavy atom. The average molecular weight is 374 g/mol. The van der Waals surface area contributed by atoms with Gasteiger partial charge in [-0.05, 0) is 61.9 Å². The molecule has 6 heteroatoms. The third-order valence-electron chi connectivity index (χ3n) is 4.94. The van der Waals surface area contributed by atoms with Gasteiger partial charge in [-0.15, -0.1) is 0 Å². The van der Waals surface area contributed by atoms with E-state index in [-0.39, 0.29) is 0 Å². The van der Waals surface area contributed by atoms with E-state index in [0.717, 1.165) is 49.5 Å². The van der Waals surface area contributed by atoms with Crippen molar-refractivity contribution in [3.8, 4) is 0 Å². The van der Waals surface area contributed by atoms with Crippen LogP contribution in [0.4, 0.5) is 11.4 Å². The van der Waals surface area contributed by atoms with E-state index in [2.05, 4.69) is 21.4 Å². The van der Waals surface area contributed by atoms with E-state index in [0.29, 0.717) is 10.6 Å². The predicted molar refractivity (Wildman–Crippen MR) is 107 cm³/mol. The molecule has 0 unspecified atom stereocenters. The van der Waals surface area contributed by atoms with E-state index in [1.165, 1.54) is 0 Å². The number of likely N-dealkylation sites (N-methyl/N-ethyl adjacent to an activating group) is 1. The fourth-order valence-corrected chi connectivity index (χ4v) is 4.66. The fraction of sp³-hybridized carbons (Fsp3) is 0.400. The molecule has 140 valence electrons. The van der Waals surface area contributed by atoms with Crippen molar-refractivity contribution in [2.75, 3.05) is 42.3 Å². The van der Waals surface area contributed by atoms with Crippen LogP contribution in [0.1, 0.15) is 18.1 Å². The van der Waals surface area contributed by atoms with Gasteiger partial charge in [-0.1, -0.05) is 19.1 Å². The molecule has 1 aliphatic heterocycles. The number of nitrogens with one attached hydrogen (secondary N) is 1. The number of anilines is 2. The maximum absolute atomic E-state index is 12.7. The van der Waals surface area contributed by atoms with Crippen molar-refractivity contribution in [2.45, 2.75) is 25.7 Å². The number of hydrogen-bond donors (Lipinski definition) is 1. The maximum Gasteiger partial charge on any atom is 0.262 e. The van der Waals surface area contributed by atoms with Gasteiger partial charge in [0.1, 0.15) is 0 Å². The molecule has 0 aliphatic carbocycles. The van der Waals surface area contributed by atoms with E-state index < -0.39 is 10.0 Å². The minimum absolute atomic E-state index is 0.331. The van der Waals surface area contributed by atoms with Gasteiger partial charge in [0.2, 0.25) is 0 Å². The Bertz CT molecular complexity index is 855. The minimum Gasteiger partial charge on any atom is -0.369 e. The summed E-state index contributed by atoms with van der Waals surface area (Å²) in [6.07, 6.45) is 0. The summed E-state index contributed by atoms with van der Waals surface area (Å²) in [4.78, 5) is 5.11. The number of hydrogen-bond acceptors (Lipinski definition) is 4. The van der Waals surface area contributed by atoms with Crippen LogP contribution in [0, 0.1) is 13.8 Å². The Balaban J connectivity index is 1.72. The molecule has 0 radical (unpaired) electrons. The normalized spacial score (nSPS) is 15.9. The number of nitrogens with zero attached hydrogens (tertiary/aromatic N) is 2. The van der Waals surface area contributed by atoms with Crippen LogP contribution >= 0.6 is 0 Å². The van der Waals surface area contributed by atoms with Crippen molar-refractivity contribution in [1.82, 2.24) is 4.90 Å². The molecule has 1 saturated heterocycles. The molecule has 1 heterocycles. The van der Waals surface area contributed by atoms with Crippen LogP contribution in [-0.2, 0) is 10.0 Å². The van der Waals surface area contributed by atoms with Gasteiger partial charge < -0.3 is 9.80 Å². The second-order valence-corrected chi connectivity index (χ2v) is 8.49. The first kappa shape index (κ1) is 18.7. The molecule has 0 aromatic heterocycles. The highest BCUT2D eigenvalue weighted by Gasteiger charge is 2.18. The first-order valence-electron chi connectivity index (χ1n) is 9.06. The van der Waals surface area contributed by atoms with Crippen molar-refractivity contribution in [3.05, 3.63) is 53.6 Å². The monoisotopic (exact) mass is 373 g/mol. The summed E-state index contributed by atoms with van der Waals surface area (Å²) in [7, 11) is -3.59. The quantitative estimate of drug-likeness (QED) is 0.874. The SMILES string of the molecule is CCN1CCN(c2ccc(NS(=O)(=O)c3cc(C)ccc3C)cc2)CC1. The Hall–Kier alpha value is -2.05. The molecular weight excluding hydrogens is 346 g/mol. The molecule has 5 nitrogen and oxygen atoms in total. The lowest BCUT2D eigenvalue weighted by molar-refractivity contribution is 0.271. The van der Waals surface area contributed by atoms with E-state index >= 15 is 0 Å². The Morgan fingerprint density at radius 1 is 0.962 bits per heavy atom. The molecule has 1 fully saturated rings. The van der Waals surface area contributed by atoms with Crippen molar-refractivity contribution < 1.29 is 8.42 Å². The number of piperazine rings is 1. The van der Waals surface area contributed by atoms with Crippen LogP contribution in [0.2, 0.25) is 0 Å². The van der Waals surface area contributed by atoms with Crippen molar-refractivity contribution in [2.24, 2.45) is 0 Å². The molecule has 26 heavy (non-hydrogen) atoms. The highest BCUT2D eigenvalue weighted by molar-refractivity contribution is 7.92. The van der Waals surface area contributed by atoms with Gasteiger partial charge in [-0.2, -0.15) is 0 Å². The molecule has 1 aliphatic rings. The number of benzene rings is 2. The van der Waals surface area contributed by atoms with Crippen LogP contribution in [0.5, 0.6) is 0 Å². The summed E-state index contributed by atoms with van der Waals surface area (Å²) in [5.74, 6) is 0. The van der Waals surface area contributed by atoms with E-state index in [1.807, 2.05) is 50.2 Å². The van der Waals surface area contributed by atoms with E-state index in [4.69, 9.17) is 0 Å². The average Bonchev–Trinajstić information content (AvgIpc) is 2.64. The summed E-state index contributed by atoms with van der Waals surface area (Å²) < 4.78 is 28.1. The number of sulfonamides is 1. The zero-order chi connectivity index (χ0) is 18.7. The molecule has 2 aromatic rings. The molecule has 0 amide bonds. The van der Waals surface area contributed by atoms with Crippen LogP contribution in [0.25, 0.3) is 0 Å². The molecule has 0 bridgehead atoms. The Kier molecular flexibility index (Phi) is 5.53. The third kappa shape index (κ3) is 4.19. The maximum atomic E-state index is 12.7. The van der Waals surface area contributed by atoms with Crippen LogP contribution < -0.4 is 9.62 Å². The van der Waals surface area contributed by atoms with E-state index in [9.17, 15) is 8.42 Å². The molecule has 0 atom stereocenters. The van der Waals surface area contributed by atoms with Gasteiger partial charge in [0.15, 0.2) is 0 Å². The Labute approximate surface area is 156 Å². The van der Waals surface area contributed by atoms with Gasteiger partial charge in [-0.25, -0.2) is 8.42 Å². The van der Waals surface area contributed by atoms with Crippen LogP contribution in [0.15, 0.2) is 47.4 Å². The highest BCUT2D eigenvalue weighted by Crippen LogP contribution is 2.23. The Morgan fingerprint density at radius 3 is 2.23 bits per heavy atom. The lowest BCUT2D eigenvalue weighted by Crippen LogP contribution is -2.46. The topological polar surface area (TPSA) is 52.6 Å². The largest absolute Gasteiger partial charge is 0.369 e. The third-order valence-corrected chi connectivity index (χ3v) is 6.46. The van der Waals surface area contributed by atoms with Crippen molar-refractivity contribution in [1.29, 1.82) is 0 Å². The summed E-state index contributed by atoms with van der Waals surface area (Å²) in [6.45, 7) is 11.1. The summed E-state index contributed by atoms with van der Waals surface area (Å²) in [5.41, 5.74) is 3.39. The molecule has 2 aromatic carbocycles. The summed E-state index contributed by atoms with van der Waals surface area (Å²) in [6, 6.07) is 13.1. The first-order chi connectivity index (χ1) is 12.4. The van der Waals surface area contributed by atoms with Gasteiger partial charge in [0.25, 0.3) is 10.0 Å². The summed E-state index contributed by atoms with van der Waals surface area (Å²) in [5, 5.41) is 0. The van der Waals surface area contributed by atoms with Crippen LogP contribution in [0.3, 0.4) is 0 Å². The van der Waals surface area contributed by atoms with E-state index in [1.54, 1.807) is 6.07 Å². The number of aryl methyl sites for hydroxylation is 2. The zero-order valence-electron chi connectivity index (χ0n) is 15.7. The molecule has 0 saturated carbocycles. The zero-order valence-corrected chi connectivity index (χ0v) is 16.5. The van der Waals surface area contributed by atoms with Gasteiger partial charge in [0, 0.05) is 37.6 Å².